The molecule has 164 valence electrons. The molecule has 0 aromatic heterocycles. The first kappa shape index (κ1) is 21.4. The first-order chi connectivity index (χ1) is 14.9. The zero-order valence-electron chi connectivity index (χ0n) is 18.3. The van der Waals surface area contributed by atoms with Gasteiger partial charge in [0.2, 0.25) is 0 Å². The molecule has 0 radical (unpaired) electrons. The molecule has 0 saturated heterocycles. The second kappa shape index (κ2) is 8.74. The van der Waals surface area contributed by atoms with Crippen molar-refractivity contribution >= 4 is 12.1 Å². The van der Waals surface area contributed by atoms with Crippen LogP contribution in [-0.4, -0.2) is 30.3 Å². The number of amides is 1. The molecule has 31 heavy (non-hydrogen) atoms. The molecule has 4 rings (SSSR count). The van der Waals surface area contributed by atoms with E-state index in [4.69, 9.17) is 4.74 Å². The van der Waals surface area contributed by atoms with E-state index in [1.807, 2.05) is 24.3 Å². The summed E-state index contributed by atoms with van der Waals surface area (Å²) in [4.78, 5) is 24.5. The van der Waals surface area contributed by atoms with Crippen molar-refractivity contribution in [2.45, 2.75) is 45.4 Å². The van der Waals surface area contributed by atoms with E-state index in [0.29, 0.717) is 24.7 Å². The molecule has 1 fully saturated rings. The summed E-state index contributed by atoms with van der Waals surface area (Å²) in [5, 5.41) is 12.6. The maximum atomic E-state index is 12.5. The van der Waals surface area contributed by atoms with Gasteiger partial charge in [0, 0.05) is 12.5 Å². The number of benzene rings is 2. The average molecular weight is 422 g/mol. The highest BCUT2D eigenvalue weighted by Crippen LogP contribution is 2.44. The van der Waals surface area contributed by atoms with Gasteiger partial charge in [-0.15, -0.1) is 0 Å². The van der Waals surface area contributed by atoms with Crippen LogP contribution in [0.2, 0.25) is 0 Å². The zero-order chi connectivity index (χ0) is 22.0. The van der Waals surface area contributed by atoms with Crippen LogP contribution in [0.25, 0.3) is 11.1 Å². The van der Waals surface area contributed by atoms with Crippen molar-refractivity contribution in [1.82, 2.24) is 5.32 Å². The second-order valence-electron chi connectivity index (χ2n) is 9.35. The quantitative estimate of drug-likeness (QED) is 0.651. The maximum absolute atomic E-state index is 12.5. The van der Waals surface area contributed by atoms with Crippen LogP contribution < -0.4 is 5.32 Å². The van der Waals surface area contributed by atoms with Gasteiger partial charge in [-0.1, -0.05) is 62.4 Å². The molecular formula is C26H31NO4. The Labute approximate surface area is 183 Å². The van der Waals surface area contributed by atoms with Crippen LogP contribution in [0, 0.1) is 17.3 Å². The number of ether oxygens (including phenoxy) is 1. The Balaban J connectivity index is 1.37. The van der Waals surface area contributed by atoms with Gasteiger partial charge in [0.1, 0.15) is 6.61 Å². The number of nitrogens with one attached hydrogen (secondary N) is 1. The largest absolute Gasteiger partial charge is 0.481 e. The summed E-state index contributed by atoms with van der Waals surface area (Å²) >= 11 is 0. The van der Waals surface area contributed by atoms with Crippen molar-refractivity contribution in [2.24, 2.45) is 17.3 Å². The topological polar surface area (TPSA) is 75.6 Å². The fraction of sp³-hybridized carbons (Fsp3) is 0.462. The highest BCUT2D eigenvalue weighted by atomic mass is 16.5. The Morgan fingerprint density at radius 1 is 1.03 bits per heavy atom. The van der Waals surface area contributed by atoms with E-state index in [0.717, 1.165) is 24.0 Å². The first-order valence-corrected chi connectivity index (χ1v) is 11.2. The van der Waals surface area contributed by atoms with E-state index in [9.17, 15) is 14.7 Å². The third kappa shape index (κ3) is 4.18. The highest BCUT2D eigenvalue weighted by molar-refractivity contribution is 5.79. The molecule has 5 nitrogen and oxygen atoms in total. The Hall–Kier alpha value is -2.82. The molecule has 2 aromatic rings. The van der Waals surface area contributed by atoms with Gasteiger partial charge in [-0.3, -0.25) is 4.79 Å². The van der Waals surface area contributed by atoms with Gasteiger partial charge in [0.05, 0.1) is 5.41 Å². The monoisotopic (exact) mass is 421 g/mol. The Morgan fingerprint density at radius 3 is 2.10 bits per heavy atom. The number of carbonyl (C=O) groups excluding carboxylic acids is 1. The van der Waals surface area contributed by atoms with Gasteiger partial charge in [-0.2, -0.15) is 0 Å². The number of aliphatic carboxylic acids is 1. The molecule has 0 bridgehead atoms. The van der Waals surface area contributed by atoms with Gasteiger partial charge >= 0.3 is 12.1 Å². The van der Waals surface area contributed by atoms with Crippen molar-refractivity contribution in [3.63, 3.8) is 0 Å². The lowest BCUT2D eigenvalue weighted by molar-refractivity contribution is -0.151. The molecule has 1 saturated carbocycles. The second-order valence-corrected chi connectivity index (χ2v) is 9.35. The van der Waals surface area contributed by atoms with Crippen LogP contribution in [0.15, 0.2) is 48.5 Å². The van der Waals surface area contributed by atoms with Crippen molar-refractivity contribution in [2.75, 3.05) is 13.2 Å². The lowest BCUT2D eigenvalue weighted by Gasteiger charge is -2.38. The number of rotatable bonds is 6. The molecule has 2 aliphatic rings. The van der Waals surface area contributed by atoms with Crippen LogP contribution in [0.5, 0.6) is 0 Å². The molecule has 0 atom stereocenters. The number of hydrogen-bond acceptors (Lipinski definition) is 3. The molecule has 2 aromatic carbocycles. The van der Waals surface area contributed by atoms with Crippen molar-refractivity contribution in [3.05, 3.63) is 59.7 Å². The zero-order valence-corrected chi connectivity index (χ0v) is 18.3. The molecule has 0 aliphatic heterocycles. The minimum atomic E-state index is -0.892. The summed E-state index contributed by atoms with van der Waals surface area (Å²) in [7, 11) is 0. The molecular weight excluding hydrogens is 390 g/mol. The summed E-state index contributed by atoms with van der Waals surface area (Å²) in [6.07, 6.45) is 2.41. The molecule has 0 heterocycles. The van der Waals surface area contributed by atoms with Crippen LogP contribution in [-0.2, 0) is 9.53 Å². The predicted molar refractivity (Wildman–Crippen MR) is 120 cm³/mol. The molecule has 0 spiro atoms. The van der Waals surface area contributed by atoms with Gasteiger partial charge in [-0.05, 0) is 59.8 Å². The lowest BCUT2D eigenvalue weighted by Crippen LogP contribution is -2.46. The number of carbonyl (C=O) groups is 2. The van der Waals surface area contributed by atoms with E-state index < -0.39 is 17.5 Å². The van der Waals surface area contributed by atoms with E-state index in [-0.39, 0.29) is 19.1 Å². The molecule has 2 N–H and O–H groups in total. The normalized spacial score (nSPS) is 22.6. The van der Waals surface area contributed by atoms with E-state index in [1.54, 1.807) is 0 Å². The fourth-order valence-corrected chi connectivity index (χ4v) is 5.22. The maximum Gasteiger partial charge on any atom is 0.407 e. The third-order valence-corrected chi connectivity index (χ3v) is 7.30. The Kier molecular flexibility index (Phi) is 6.03. The summed E-state index contributed by atoms with van der Waals surface area (Å²) in [5.74, 6) is 0.283. The average Bonchev–Trinajstić information content (AvgIpc) is 3.10. The van der Waals surface area contributed by atoms with E-state index in [1.165, 1.54) is 11.1 Å². The van der Waals surface area contributed by atoms with Crippen LogP contribution in [0.4, 0.5) is 4.79 Å². The predicted octanol–water partition coefficient (Wildman–Crippen LogP) is 5.44. The summed E-state index contributed by atoms with van der Waals surface area (Å²) < 4.78 is 5.57. The minimum absolute atomic E-state index is 0.00642. The molecule has 5 heteroatoms. The summed E-state index contributed by atoms with van der Waals surface area (Å²) in [6, 6.07) is 16.4. The number of fused-ring (bicyclic) bond motifs is 3. The highest BCUT2D eigenvalue weighted by Gasteiger charge is 2.42. The van der Waals surface area contributed by atoms with Crippen LogP contribution >= 0.6 is 0 Å². The molecule has 1 amide bonds. The van der Waals surface area contributed by atoms with E-state index >= 15 is 0 Å². The van der Waals surface area contributed by atoms with Gasteiger partial charge in [-0.25, -0.2) is 4.79 Å². The van der Waals surface area contributed by atoms with Crippen LogP contribution in [0.3, 0.4) is 0 Å². The van der Waals surface area contributed by atoms with Crippen LogP contribution in [0.1, 0.15) is 56.6 Å². The van der Waals surface area contributed by atoms with Crippen molar-refractivity contribution < 1.29 is 19.4 Å². The van der Waals surface area contributed by atoms with Gasteiger partial charge < -0.3 is 15.2 Å². The van der Waals surface area contributed by atoms with Crippen molar-refractivity contribution in [1.29, 1.82) is 0 Å². The number of carboxylic acid groups (broad SMARTS) is 1. The van der Waals surface area contributed by atoms with Crippen molar-refractivity contribution in [3.8, 4) is 11.1 Å². The standard InChI is InChI=1S/C26H31NO4/c1-17(2)18-11-13-26(14-12-18,24(28)29)16-27-25(30)31-15-23-21-9-5-3-7-19(21)20-8-4-6-10-22(20)23/h3-10,17-18,23H,11-16H2,1-2H3,(H,27,30)(H,28,29). The van der Waals surface area contributed by atoms with Gasteiger partial charge in [0.25, 0.3) is 0 Å². The number of hydrogen-bond donors (Lipinski definition) is 2. The number of alkyl carbamates (subject to hydrolysis) is 1. The lowest BCUT2D eigenvalue weighted by atomic mass is 9.68. The summed E-state index contributed by atoms with van der Waals surface area (Å²) in [5.41, 5.74) is 3.78. The minimum Gasteiger partial charge on any atom is -0.481 e. The molecule has 0 unspecified atom stereocenters. The summed E-state index contributed by atoms with van der Waals surface area (Å²) in [6.45, 7) is 4.72. The Morgan fingerprint density at radius 2 is 1.58 bits per heavy atom. The smallest absolute Gasteiger partial charge is 0.407 e. The first-order valence-electron chi connectivity index (χ1n) is 11.2. The molecule has 2 aliphatic carbocycles. The Bertz CT molecular complexity index is 914. The number of carboxylic acids is 1. The third-order valence-electron chi connectivity index (χ3n) is 7.30. The van der Waals surface area contributed by atoms with E-state index in [2.05, 4.69) is 43.4 Å². The fourth-order valence-electron chi connectivity index (χ4n) is 5.22. The van der Waals surface area contributed by atoms with Gasteiger partial charge in [0.15, 0.2) is 0 Å². The SMILES string of the molecule is CC(C)C1CCC(CNC(=O)OCC2c3ccccc3-c3ccccc32)(C(=O)O)CC1.